The van der Waals surface area contributed by atoms with Crippen molar-refractivity contribution in [2.75, 3.05) is 19.6 Å². The van der Waals surface area contributed by atoms with E-state index in [4.69, 9.17) is 0 Å². The number of piperidine rings is 1. The first kappa shape index (κ1) is 14.3. The van der Waals surface area contributed by atoms with E-state index in [1.807, 2.05) is 6.92 Å². The lowest BCUT2D eigenvalue weighted by Crippen LogP contribution is -2.38. The number of carbonyl (C=O) groups is 1. The van der Waals surface area contributed by atoms with Gasteiger partial charge >= 0.3 is 0 Å². The van der Waals surface area contributed by atoms with Crippen molar-refractivity contribution in [2.45, 2.75) is 33.6 Å². The van der Waals surface area contributed by atoms with Crippen LogP contribution in [0, 0.1) is 19.8 Å². The molecule has 1 aliphatic rings. The van der Waals surface area contributed by atoms with Crippen LogP contribution in [0.1, 0.15) is 41.4 Å². The topological polar surface area (TPSA) is 36.1 Å². The fourth-order valence-electron chi connectivity index (χ4n) is 3.52. The smallest absolute Gasteiger partial charge is 0.179 e. The molecule has 1 N–H and O–H groups in total. The Labute approximate surface area is 126 Å². The minimum absolute atomic E-state index is 0.247. The maximum absolute atomic E-state index is 12.7. The summed E-state index contributed by atoms with van der Waals surface area (Å²) in [7, 11) is 0. The van der Waals surface area contributed by atoms with E-state index < -0.39 is 0 Å². The molecule has 3 rings (SSSR count). The van der Waals surface area contributed by atoms with Crippen LogP contribution >= 0.6 is 0 Å². The molecule has 0 unspecified atom stereocenters. The van der Waals surface area contributed by atoms with E-state index in [-0.39, 0.29) is 5.78 Å². The Kier molecular flexibility index (Phi) is 3.85. The summed E-state index contributed by atoms with van der Waals surface area (Å²) in [4.78, 5) is 18.4. The maximum Gasteiger partial charge on any atom is 0.179 e. The van der Waals surface area contributed by atoms with Crippen molar-refractivity contribution in [3.63, 3.8) is 0 Å². The average molecular weight is 284 g/mol. The highest BCUT2D eigenvalue weighted by Crippen LogP contribution is 2.24. The number of nitrogens with one attached hydrogen (secondary N) is 1. The third-order valence-corrected chi connectivity index (χ3v) is 4.53. The maximum atomic E-state index is 12.7. The van der Waals surface area contributed by atoms with Crippen LogP contribution in [0.15, 0.2) is 18.2 Å². The van der Waals surface area contributed by atoms with Crippen LogP contribution in [0.5, 0.6) is 0 Å². The molecule has 2 heterocycles. The first-order chi connectivity index (χ1) is 10.0. The van der Waals surface area contributed by atoms with Crippen LogP contribution in [-0.4, -0.2) is 35.3 Å². The molecule has 1 aliphatic heterocycles. The van der Waals surface area contributed by atoms with Gasteiger partial charge in [-0.25, -0.2) is 0 Å². The molecule has 0 saturated carbocycles. The van der Waals surface area contributed by atoms with E-state index in [1.165, 1.54) is 18.4 Å². The number of nitrogens with zero attached hydrogens (tertiary/aromatic N) is 1. The van der Waals surface area contributed by atoms with Gasteiger partial charge in [0.25, 0.3) is 0 Å². The fourth-order valence-corrected chi connectivity index (χ4v) is 3.52. The Bertz CT molecular complexity index is 671. The van der Waals surface area contributed by atoms with Gasteiger partial charge in [0.2, 0.25) is 0 Å². The number of carbonyl (C=O) groups excluding carboxylic acids is 1. The minimum atomic E-state index is 0.247. The van der Waals surface area contributed by atoms with Gasteiger partial charge in [0.15, 0.2) is 5.78 Å². The second-order valence-electron chi connectivity index (χ2n) is 6.58. The number of rotatable bonds is 3. The van der Waals surface area contributed by atoms with Gasteiger partial charge in [0.1, 0.15) is 0 Å². The standard InChI is InChI=1S/C18H24N2O/c1-12-6-7-15-16(9-12)19-14(3)18(15)17(21)11-20-8-4-5-13(2)10-20/h6-7,9,13,19H,4-5,8,10-11H2,1-3H3/t13-/m0/s1. The molecule has 1 saturated heterocycles. The zero-order chi connectivity index (χ0) is 15.0. The normalized spacial score (nSPS) is 20.0. The van der Waals surface area contributed by atoms with E-state index in [1.54, 1.807) is 0 Å². The highest BCUT2D eigenvalue weighted by atomic mass is 16.1. The molecule has 3 nitrogen and oxygen atoms in total. The number of hydrogen-bond acceptors (Lipinski definition) is 2. The van der Waals surface area contributed by atoms with Gasteiger partial charge < -0.3 is 4.98 Å². The molecule has 1 aromatic heterocycles. The molecule has 21 heavy (non-hydrogen) atoms. The van der Waals surface area contributed by atoms with E-state index >= 15 is 0 Å². The molecular weight excluding hydrogens is 260 g/mol. The highest BCUT2D eigenvalue weighted by molar-refractivity contribution is 6.10. The molecule has 1 aromatic carbocycles. The van der Waals surface area contributed by atoms with Crippen molar-refractivity contribution < 1.29 is 4.79 Å². The zero-order valence-corrected chi connectivity index (χ0v) is 13.2. The number of aromatic nitrogens is 1. The number of ketones is 1. The van der Waals surface area contributed by atoms with Crippen molar-refractivity contribution in [3.05, 3.63) is 35.0 Å². The first-order valence-corrected chi connectivity index (χ1v) is 7.89. The summed E-state index contributed by atoms with van der Waals surface area (Å²) >= 11 is 0. The number of hydrogen-bond donors (Lipinski definition) is 1. The van der Waals surface area contributed by atoms with Crippen molar-refractivity contribution in [1.82, 2.24) is 9.88 Å². The molecule has 0 amide bonds. The first-order valence-electron chi connectivity index (χ1n) is 7.89. The van der Waals surface area contributed by atoms with Gasteiger partial charge in [-0.2, -0.15) is 0 Å². The predicted octanol–water partition coefficient (Wildman–Crippen LogP) is 3.70. The van der Waals surface area contributed by atoms with E-state index in [0.29, 0.717) is 12.5 Å². The van der Waals surface area contributed by atoms with Crippen LogP contribution in [-0.2, 0) is 0 Å². The van der Waals surface area contributed by atoms with Crippen LogP contribution in [0.2, 0.25) is 0 Å². The number of aromatic amines is 1. The Balaban J connectivity index is 1.86. The van der Waals surface area contributed by atoms with Gasteiger partial charge in [-0.1, -0.05) is 19.1 Å². The molecule has 1 fully saturated rings. The molecule has 3 heteroatoms. The molecule has 0 spiro atoms. The molecule has 2 aromatic rings. The molecular formula is C18H24N2O. The largest absolute Gasteiger partial charge is 0.358 e. The lowest BCUT2D eigenvalue weighted by molar-refractivity contribution is 0.0894. The number of Topliss-reactive ketones (excluding diaryl/α,β-unsaturated/α-hetero) is 1. The molecule has 1 atom stereocenters. The fraction of sp³-hybridized carbons (Fsp3) is 0.500. The monoisotopic (exact) mass is 284 g/mol. The van der Waals surface area contributed by atoms with Crippen LogP contribution in [0.25, 0.3) is 10.9 Å². The minimum Gasteiger partial charge on any atom is -0.358 e. The lowest BCUT2D eigenvalue weighted by atomic mass is 9.99. The zero-order valence-electron chi connectivity index (χ0n) is 13.2. The number of fused-ring (bicyclic) bond motifs is 1. The quantitative estimate of drug-likeness (QED) is 0.872. The third-order valence-electron chi connectivity index (χ3n) is 4.53. The molecule has 0 radical (unpaired) electrons. The summed E-state index contributed by atoms with van der Waals surface area (Å²) in [5.74, 6) is 0.954. The molecule has 0 aliphatic carbocycles. The van der Waals surface area contributed by atoms with E-state index in [0.717, 1.165) is 35.2 Å². The van der Waals surface area contributed by atoms with Gasteiger partial charge in [0, 0.05) is 28.7 Å². The summed E-state index contributed by atoms with van der Waals surface area (Å²) in [5.41, 5.74) is 4.16. The summed E-state index contributed by atoms with van der Waals surface area (Å²) in [6, 6.07) is 6.26. The number of likely N-dealkylation sites (tertiary alicyclic amines) is 1. The van der Waals surface area contributed by atoms with Gasteiger partial charge in [-0.05, 0) is 50.8 Å². The summed E-state index contributed by atoms with van der Waals surface area (Å²) in [6.07, 6.45) is 2.50. The molecule has 112 valence electrons. The Morgan fingerprint density at radius 1 is 1.38 bits per heavy atom. The van der Waals surface area contributed by atoms with Crippen molar-refractivity contribution in [2.24, 2.45) is 5.92 Å². The van der Waals surface area contributed by atoms with Crippen LogP contribution in [0.3, 0.4) is 0 Å². The number of aryl methyl sites for hydroxylation is 2. The second kappa shape index (κ2) is 5.64. The Morgan fingerprint density at radius 2 is 2.19 bits per heavy atom. The Morgan fingerprint density at radius 3 is 2.95 bits per heavy atom. The van der Waals surface area contributed by atoms with Crippen molar-refractivity contribution in [1.29, 1.82) is 0 Å². The summed E-state index contributed by atoms with van der Waals surface area (Å²) in [6.45, 7) is 9.00. The number of benzene rings is 1. The van der Waals surface area contributed by atoms with Crippen molar-refractivity contribution >= 4 is 16.7 Å². The van der Waals surface area contributed by atoms with Gasteiger partial charge in [-0.15, -0.1) is 0 Å². The Hall–Kier alpha value is -1.61. The number of H-pyrrole nitrogens is 1. The molecule has 0 bridgehead atoms. The van der Waals surface area contributed by atoms with Gasteiger partial charge in [-0.3, -0.25) is 9.69 Å². The summed E-state index contributed by atoms with van der Waals surface area (Å²) in [5, 5.41) is 1.06. The van der Waals surface area contributed by atoms with E-state index in [2.05, 4.69) is 41.9 Å². The van der Waals surface area contributed by atoms with Gasteiger partial charge in [0.05, 0.1) is 6.54 Å². The van der Waals surface area contributed by atoms with E-state index in [9.17, 15) is 4.79 Å². The highest BCUT2D eigenvalue weighted by Gasteiger charge is 2.22. The summed E-state index contributed by atoms with van der Waals surface area (Å²) < 4.78 is 0. The van der Waals surface area contributed by atoms with Crippen LogP contribution < -0.4 is 0 Å². The lowest BCUT2D eigenvalue weighted by Gasteiger charge is -2.30. The van der Waals surface area contributed by atoms with Crippen molar-refractivity contribution in [3.8, 4) is 0 Å². The third kappa shape index (κ3) is 2.88. The predicted molar refractivity (Wildman–Crippen MR) is 86.9 cm³/mol. The average Bonchev–Trinajstić information content (AvgIpc) is 2.73. The second-order valence-corrected chi connectivity index (χ2v) is 6.58. The SMILES string of the molecule is Cc1ccc2c(C(=O)CN3CCC[C@H](C)C3)c(C)[nH]c2c1. The van der Waals surface area contributed by atoms with Crippen LogP contribution in [0.4, 0.5) is 0 Å².